The van der Waals surface area contributed by atoms with E-state index in [1.807, 2.05) is 6.92 Å². The number of likely N-dealkylation sites (tertiary alicyclic amines) is 1. The summed E-state index contributed by atoms with van der Waals surface area (Å²) in [6.07, 6.45) is 0.294. The number of fused-ring (bicyclic) bond motifs is 2. The molecule has 1 amide bonds. The number of ether oxygens (including phenoxy) is 1. The molecular weight excluding hydrogens is 464 g/mol. The highest BCUT2D eigenvalue weighted by atomic mass is 35.5. The average Bonchev–Trinajstić information content (AvgIpc) is 3.29. The smallest absolute Gasteiger partial charge is 0.258 e. The van der Waals surface area contributed by atoms with Crippen LogP contribution in [0.1, 0.15) is 43.5 Å². The second-order valence-corrected chi connectivity index (χ2v) is 9.68. The number of hydrogen-bond donors (Lipinski definition) is 3. The van der Waals surface area contributed by atoms with Crippen LogP contribution < -0.4 is 15.4 Å². The van der Waals surface area contributed by atoms with Crippen LogP contribution in [-0.2, 0) is 0 Å². The van der Waals surface area contributed by atoms with Crippen molar-refractivity contribution >= 4 is 28.9 Å². The van der Waals surface area contributed by atoms with Gasteiger partial charge in [-0.15, -0.1) is 0 Å². The molecule has 0 radical (unpaired) electrons. The lowest BCUT2D eigenvalue weighted by Crippen LogP contribution is -2.44. The number of carbonyl (C=O) groups is 1. The van der Waals surface area contributed by atoms with Gasteiger partial charge in [0, 0.05) is 35.8 Å². The second-order valence-electron chi connectivity index (χ2n) is 9.30. The van der Waals surface area contributed by atoms with Gasteiger partial charge in [0.05, 0.1) is 35.1 Å². The predicted octanol–water partition coefficient (Wildman–Crippen LogP) is 3.66. The summed E-state index contributed by atoms with van der Waals surface area (Å²) < 4.78 is 34.2. The third-order valence-corrected chi connectivity index (χ3v) is 7.35. The molecular formula is C24H26ClF2N5O2. The first kappa shape index (κ1) is 23.0. The molecule has 34 heavy (non-hydrogen) atoms. The number of benzene rings is 1. The maximum atomic E-state index is 14.1. The lowest BCUT2D eigenvalue weighted by molar-refractivity contribution is 0.0789. The van der Waals surface area contributed by atoms with E-state index in [0.717, 1.165) is 5.70 Å². The number of nitrogens with zero attached hydrogens (tertiary/aromatic N) is 2. The molecule has 1 aromatic carbocycles. The number of alkyl halides is 1. The third-order valence-electron chi connectivity index (χ3n) is 6.80. The summed E-state index contributed by atoms with van der Waals surface area (Å²) in [6.45, 7) is 3.89. The Bertz CT molecular complexity index is 1160. The SMILES string of the molecule is CC1=N/C(=C2\CN(C(=O)c3ccc(F)cc3O[C@H]3CC4CC(F)C(C3)N4)CC2=N)NC(C)=C1Cl. The summed E-state index contributed by atoms with van der Waals surface area (Å²) in [5, 5.41) is 15.3. The van der Waals surface area contributed by atoms with Crippen molar-refractivity contribution in [2.75, 3.05) is 13.1 Å². The maximum absolute atomic E-state index is 14.1. The molecule has 0 aromatic heterocycles. The van der Waals surface area contributed by atoms with Crippen molar-refractivity contribution in [1.29, 1.82) is 5.41 Å². The Morgan fingerprint density at radius 3 is 2.79 bits per heavy atom. The number of hydrogen-bond acceptors (Lipinski definition) is 6. The number of allylic oxidation sites excluding steroid dienone is 2. The molecule has 5 rings (SSSR count). The largest absolute Gasteiger partial charge is 0.489 e. The fourth-order valence-corrected chi connectivity index (χ4v) is 5.18. The number of carbonyl (C=O) groups excluding carboxylic acids is 1. The molecule has 0 aliphatic carbocycles. The number of nitrogens with one attached hydrogen (secondary N) is 3. The molecule has 0 saturated carbocycles. The first-order valence-electron chi connectivity index (χ1n) is 11.3. The standard InChI is InChI=1S/C24H26ClF2N5O2/c1-11-22(25)12(2)30-23(29-11)17-9-32(10-19(17)28)24(33)16-4-3-13(26)5-21(16)34-15-6-14-7-18(27)20(8-15)31-14/h3-5,14-15,18,20,28-29,31H,6-10H2,1-2H3/b23-17+,28-19?/t14?,15-,18?,20?/m0/s1. The van der Waals surface area contributed by atoms with E-state index in [9.17, 15) is 13.6 Å². The van der Waals surface area contributed by atoms with Gasteiger partial charge in [-0.05, 0) is 38.8 Å². The quantitative estimate of drug-likeness (QED) is 0.604. The molecule has 7 nitrogen and oxygen atoms in total. The topological polar surface area (TPSA) is 89.8 Å². The van der Waals surface area contributed by atoms with Crippen molar-refractivity contribution in [2.45, 2.75) is 57.5 Å². The highest BCUT2D eigenvalue weighted by molar-refractivity contribution is 6.43. The summed E-state index contributed by atoms with van der Waals surface area (Å²) in [4.78, 5) is 19.4. The van der Waals surface area contributed by atoms with Crippen molar-refractivity contribution < 1.29 is 18.3 Å². The zero-order valence-corrected chi connectivity index (χ0v) is 19.7. The molecule has 180 valence electrons. The van der Waals surface area contributed by atoms with Crippen molar-refractivity contribution in [1.82, 2.24) is 15.5 Å². The Hall–Kier alpha value is -2.78. The van der Waals surface area contributed by atoms with Crippen molar-refractivity contribution in [2.24, 2.45) is 4.99 Å². The van der Waals surface area contributed by atoms with Gasteiger partial charge < -0.3 is 25.7 Å². The minimum absolute atomic E-state index is 0.0257. The predicted molar refractivity (Wildman–Crippen MR) is 126 cm³/mol. The minimum atomic E-state index is -0.915. The highest BCUT2D eigenvalue weighted by Gasteiger charge is 2.42. The van der Waals surface area contributed by atoms with Crippen LogP contribution in [-0.4, -0.2) is 59.7 Å². The van der Waals surface area contributed by atoms with E-state index in [1.165, 1.54) is 23.1 Å². The Labute approximate surface area is 201 Å². The van der Waals surface area contributed by atoms with Gasteiger partial charge in [0.2, 0.25) is 0 Å². The Morgan fingerprint density at radius 2 is 2.06 bits per heavy atom. The molecule has 3 saturated heterocycles. The van der Waals surface area contributed by atoms with Gasteiger partial charge in [0.1, 0.15) is 29.7 Å². The summed E-state index contributed by atoms with van der Waals surface area (Å²) in [5.41, 5.74) is 2.46. The Morgan fingerprint density at radius 1 is 1.26 bits per heavy atom. The van der Waals surface area contributed by atoms with Crippen LogP contribution in [0, 0.1) is 11.2 Å². The van der Waals surface area contributed by atoms with Gasteiger partial charge in [0.25, 0.3) is 5.91 Å². The normalized spacial score (nSPS) is 31.0. The number of rotatable bonds is 3. The Balaban J connectivity index is 1.36. The van der Waals surface area contributed by atoms with Crippen LogP contribution in [0.25, 0.3) is 0 Å². The van der Waals surface area contributed by atoms with E-state index in [2.05, 4.69) is 15.6 Å². The summed E-state index contributed by atoms with van der Waals surface area (Å²) in [7, 11) is 0. The average molecular weight is 490 g/mol. The van der Waals surface area contributed by atoms with Crippen LogP contribution in [0.5, 0.6) is 5.75 Å². The minimum Gasteiger partial charge on any atom is -0.489 e. The van der Waals surface area contributed by atoms with Crippen LogP contribution in [0.3, 0.4) is 0 Å². The number of amides is 1. The van der Waals surface area contributed by atoms with Crippen LogP contribution in [0.4, 0.5) is 8.78 Å². The van der Waals surface area contributed by atoms with Crippen molar-refractivity contribution in [3.8, 4) is 5.75 Å². The summed E-state index contributed by atoms with van der Waals surface area (Å²) >= 11 is 6.20. The van der Waals surface area contributed by atoms with E-state index in [1.54, 1.807) is 6.92 Å². The van der Waals surface area contributed by atoms with E-state index in [-0.39, 0.29) is 54.2 Å². The fraction of sp³-hybridized carbons (Fsp3) is 0.458. The molecule has 4 aliphatic heterocycles. The zero-order valence-electron chi connectivity index (χ0n) is 18.9. The zero-order chi connectivity index (χ0) is 24.1. The van der Waals surface area contributed by atoms with Gasteiger partial charge in [0.15, 0.2) is 0 Å². The first-order valence-corrected chi connectivity index (χ1v) is 11.7. The summed E-state index contributed by atoms with van der Waals surface area (Å²) in [6, 6.07) is 3.58. The van der Waals surface area contributed by atoms with Gasteiger partial charge >= 0.3 is 0 Å². The molecule has 3 unspecified atom stereocenters. The molecule has 4 heterocycles. The fourth-order valence-electron chi connectivity index (χ4n) is 5.09. The van der Waals surface area contributed by atoms with Crippen molar-refractivity contribution in [3.05, 3.63) is 51.7 Å². The van der Waals surface area contributed by atoms with Gasteiger partial charge in [-0.3, -0.25) is 4.79 Å². The number of piperidine rings is 1. The van der Waals surface area contributed by atoms with E-state index >= 15 is 0 Å². The number of aliphatic imine (C=N–C) groups is 1. The lowest BCUT2D eigenvalue weighted by atomic mass is 10.0. The lowest BCUT2D eigenvalue weighted by Gasteiger charge is -2.30. The molecule has 0 spiro atoms. The third kappa shape index (κ3) is 4.22. The van der Waals surface area contributed by atoms with E-state index < -0.39 is 12.0 Å². The highest BCUT2D eigenvalue weighted by Crippen LogP contribution is 2.34. The van der Waals surface area contributed by atoms with E-state index in [4.69, 9.17) is 21.7 Å². The molecule has 3 N–H and O–H groups in total. The van der Waals surface area contributed by atoms with E-state index in [0.29, 0.717) is 41.4 Å². The second kappa shape index (κ2) is 8.78. The summed E-state index contributed by atoms with van der Waals surface area (Å²) in [5.74, 6) is -0.229. The van der Waals surface area contributed by atoms with Gasteiger partial charge in [-0.25, -0.2) is 13.8 Å². The number of halogens is 3. The van der Waals surface area contributed by atoms with Crippen LogP contribution in [0.2, 0.25) is 0 Å². The molecule has 2 bridgehead atoms. The molecule has 1 aromatic rings. The van der Waals surface area contributed by atoms with Crippen LogP contribution in [0.15, 0.2) is 45.3 Å². The maximum Gasteiger partial charge on any atom is 0.258 e. The monoisotopic (exact) mass is 489 g/mol. The molecule has 4 aliphatic rings. The Kier molecular flexibility index (Phi) is 5.93. The molecule has 3 fully saturated rings. The van der Waals surface area contributed by atoms with Gasteiger partial charge in [-0.1, -0.05) is 11.6 Å². The molecule has 10 heteroatoms. The van der Waals surface area contributed by atoms with Crippen molar-refractivity contribution in [3.63, 3.8) is 0 Å². The first-order chi connectivity index (χ1) is 16.2. The molecule has 4 atom stereocenters. The van der Waals surface area contributed by atoms with Crippen LogP contribution >= 0.6 is 11.6 Å². The van der Waals surface area contributed by atoms with Gasteiger partial charge in [-0.2, -0.15) is 0 Å².